The van der Waals surface area contributed by atoms with Crippen LogP contribution in [0.3, 0.4) is 0 Å². The van der Waals surface area contributed by atoms with Crippen LogP contribution in [0, 0.1) is 6.92 Å². The van der Waals surface area contributed by atoms with E-state index in [0.29, 0.717) is 6.61 Å². The zero-order valence-corrected chi connectivity index (χ0v) is 18.8. The van der Waals surface area contributed by atoms with E-state index >= 15 is 0 Å². The van der Waals surface area contributed by atoms with E-state index in [1.54, 1.807) is 0 Å². The molecular formula is C28H25ClN2O. The van der Waals surface area contributed by atoms with Crippen molar-refractivity contribution in [3.63, 3.8) is 0 Å². The Morgan fingerprint density at radius 3 is 2.56 bits per heavy atom. The molecule has 32 heavy (non-hydrogen) atoms. The van der Waals surface area contributed by atoms with Crippen molar-refractivity contribution in [2.75, 3.05) is 0 Å². The minimum Gasteiger partial charge on any atom is -0.489 e. The Bertz CT molecular complexity index is 1370. The summed E-state index contributed by atoms with van der Waals surface area (Å²) in [7, 11) is 0. The second-order valence-electron chi connectivity index (χ2n) is 8.13. The first-order chi connectivity index (χ1) is 15.7. The van der Waals surface area contributed by atoms with E-state index in [1.165, 1.54) is 27.4 Å². The van der Waals surface area contributed by atoms with Gasteiger partial charge in [-0.2, -0.15) is 0 Å². The van der Waals surface area contributed by atoms with Crippen LogP contribution in [-0.4, -0.2) is 9.55 Å². The van der Waals surface area contributed by atoms with E-state index in [9.17, 15) is 0 Å². The van der Waals surface area contributed by atoms with Crippen LogP contribution in [0.25, 0.3) is 21.8 Å². The number of halogens is 1. The summed E-state index contributed by atoms with van der Waals surface area (Å²) in [6.07, 6.45) is 4.01. The van der Waals surface area contributed by atoms with Crippen LogP contribution >= 0.6 is 11.6 Å². The van der Waals surface area contributed by atoms with Gasteiger partial charge in [0.15, 0.2) is 0 Å². The quantitative estimate of drug-likeness (QED) is 0.264. The van der Waals surface area contributed by atoms with Crippen molar-refractivity contribution < 1.29 is 4.74 Å². The molecule has 0 aliphatic rings. The molecular weight excluding hydrogens is 416 g/mol. The molecule has 0 atom stereocenters. The van der Waals surface area contributed by atoms with Gasteiger partial charge >= 0.3 is 0 Å². The van der Waals surface area contributed by atoms with Gasteiger partial charge in [0, 0.05) is 34.6 Å². The van der Waals surface area contributed by atoms with Crippen LogP contribution in [0.15, 0.2) is 85.1 Å². The molecule has 3 nitrogen and oxygen atoms in total. The molecule has 0 fully saturated rings. The maximum atomic E-state index is 6.12. The normalized spacial score (nSPS) is 11.3. The highest BCUT2D eigenvalue weighted by molar-refractivity contribution is 6.30. The van der Waals surface area contributed by atoms with Crippen molar-refractivity contribution in [2.45, 2.75) is 32.9 Å². The Morgan fingerprint density at radius 1 is 0.875 bits per heavy atom. The number of ether oxygens (including phenoxy) is 1. The van der Waals surface area contributed by atoms with Crippen LogP contribution in [0.1, 0.15) is 23.2 Å². The third-order valence-electron chi connectivity index (χ3n) is 5.91. The number of hydrogen-bond donors (Lipinski definition) is 0. The Balaban J connectivity index is 1.46. The molecule has 0 radical (unpaired) electrons. The minimum absolute atomic E-state index is 0.487. The summed E-state index contributed by atoms with van der Waals surface area (Å²) in [6.45, 7) is 3.51. The fraction of sp³-hybridized carbons (Fsp3) is 0.179. The summed E-state index contributed by atoms with van der Waals surface area (Å²) in [5.74, 6) is 0.857. The minimum atomic E-state index is 0.487. The average molecular weight is 441 g/mol. The highest BCUT2D eigenvalue weighted by Crippen LogP contribution is 2.33. The summed E-state index contributed by atoms with van der Waals surface area (Å²) < 4.78 is 8.53. The van der Waals surface area contributed by atoms with Gasteiger partial charge in [0.05, 0.1) is 16.7 Å². The second-order valence-corrected chi connectivity index (χ2v) is 8.57. The summed E-state index contributed by atoms with van der Waals surface area (Å²) >= 11 is 6.11. The summed E-state index contributed by atoms with van der Waals surface area (Å²) in [5, 5.41) is 3.21. The molecule has 2 aromatic heterocycles. The molecule has 0 N–H and O–H groups in total. The second kappa shape index (κ2) is 9.05. The average Bonchev–Trinajstić information content (AvgIpc) is 3.13. The molecule has 0 unspecified atom stereocenters. The van der Waals surface area contributed by atoms with Crippen molar-refractivity contribution in [3.8, 4) is 5.75 Å². The van der Waals surface area contributed by atoms with Gasteiger partial charge in [0.2, 0.25) is 0 Å². The van der Waals surface area contributed by atoms with Gasteiger partial charge in [-0.05, 0) is 61.2 Å². The topological polar surface area (TPSA) is 27.1 Å². The number of fused-ring (bicyclic) bond motifs is 3. The lowest BCUT2D eigenvalue weighted by molar-refractivity contribution is 0.306. The number of aromatic nitrogens is 2. The van der Waals surface area contributed by atoms with Gasteiger partial charge < -0.3 is 9.30 Å². The Kier molecular flexibility index (Phi) is 5.83. The van der Waals surface area contributed by atoms with Gasteiger partial charge in [0.25, 0.3) is 0 Å². The fourth-order valence-corrected chi connectivity index (χ4v) is 4.61. The largest absolute Gasteiger partial charge is 0.489 e. The van der Waals surface area contributed by atoms with Crippen LogP contribution in [0.4, 0.5) is 0 Å². The summed E-state index contributed by atoms with van der Waals surface area (Å²) in [6, 6.07) is 26.9. The van der Waals surface area contributed by atoms with E-state index in [-0.39, 0.29) is 0 Å². The third-order valence-corrected chi connectivity index (χ3v) is 6.15. The van der Waals surface area contributed by atoms with E-state index in [2.05, 4.69) is 71.1 Å². The summed E-state index contributed by atoms with van der Waals surface area (Å²) in [4.78, 5) is 4.57. The Morgan fingerprint density at radius 2 is 1.72 bits per heavy atom. The third kappa shape index (κ3) is 4.21. The number of pyridine rings is 1. The fourth-order valence-electron chi connectivity index (χ4n) is 4.40. The van der Waals surface area contributed by atoms with E-state index in [0.717, 1.165) is 41.4 Å². The molecule has 4 heteroatoms. The molecule has 5 aromatic rings. The molecule has 0 amide bonds. The number of hydrogen-bond acceptors (Lipinski definition) is 2. The maximum absolute atomic E-state index is 6.12. The van der Waals surface area contributed by atoms with E-state index in [4.69, 9.17) is 16.3 Å². The molecule has 160 valence electrons. The number of rotatable bonds is 7. The highest BCUT2D eigenvalue weighted by atomic mass is 35.5. The number of aryl methyl sites for hydroxylation is 3. The first-order valence-corrected chi connectivity index (χ1v) is 11.4. The molecule has 5 rings (SSSR count). The SMILES string of the molecule is Cc1nccc2c3ccc(OCc4cccc(Cl)c4)cc3n(CCCc3ccccc3)c12. The molecule has 0 aliphatic carbocycles. The zero-order valence-electron chi connectivity index (χ0n) is 18.1. The molecule has 0 saturated heterocycles. The van der Waals surface area contributed by atoms with E-state index in [1.807, 2.05) is 30.5 Å². The summed E-state index contributed by atoms with van der Waals surface area (Å²) in [5.41, 5.74) is 5.88. The lowest BCUT2D eigenvalue weighted by atomic mass is 10.1. The van der Waals surface area contributed by atoms with Crippen LogP contribution in [0.2, 0.25) is 5.02 Å². The van der Waals surface area contributed by atoms with Crippen molar-refractivity contribution in [1.82, 2.24) is 9.55 Å². The molecule has 3 aromatic carbocycles. The maximum Gasteiger partial charge on any atom is 0.121 e. The Hall–Kier alpha value is -3.30. The first kappa shape index (κ1) is 20.6. The number of benzene rings is 3. The van der Waals surface area contributed by atoms with Crippen LogP contribution in [0.5, 0.6) is 5.75 Å². The Labute approximate surface area is 193 Å². The predicted molar refractivity (Wildman–Crippen MR) is 133 cm³/mol. The van der Waals surface area contributed by atoms with E-state index < -0.39 is 0 Å². The van der Waals surface area contributed by atoms with Crippen molar-refractivity contribution in [2.24, 2.45) is 0 Å². The van der Waals surface area contributed by atoms with Crippen LogP contribution in [-0.2, 0) is 19.6 Å². The monoisotopic (exact) mass is 440 g/mol. The van der Waals surface area contributed by atoms with Gasteiger partial charge in [-0.1, -0.05) is 54.1 Å². The van der Waals surface area contributed by atoms with Crippen LogP contribution < -0.4 is 4.74 Å². The van der Waals surface area contributed by atoms with Gasteiger partial charge in [0.1, 0.15) is 12.4 Å². The smallest absolute Gasteiger partial charge is 0.121 e. The van der Waals surface area contributed by atoms with Crippen molar-refractivity contribution in [3.05, 3.63) is 107 Å². The molecule has 2 heterocycles. The molecule has 0 saturated carbocycles. The van der Waals surface area contributed by atoms with Gasteiger partial charge in [-0.15, -0.1) is 0 Å². The molecule has 0 aliphatic heterocycles. The van der Waals surface area contributed by atoms with Crippen molar-refractivity contribution >= 4 is 33.4 Å². The first-order valence-electron chi connectivity index (χ1n) is 11.0. The standard InChI is InChI=1S/C28H25ClN2O/c1-20-28-26(14-15-30-20)25-13-12-24(32-19-22-9-5-11-23(29)17-22)18-27(25)31(28)16-6-10-21-7-3-2-4-8-21/h2-5,7-9,11-15,17-18H,6,10,16,19H2,1H3. The zero-order chi connectivity index (χ0) is 21.9. The molecule has 0 bridgehead atoms. The van der Waals surface area contributed by atoms with Gasteiger partial charge in [-0.25, -0.2) is 0 Å². The lowest BCUT2D eigenvalue weighted by Gasteiger charge is -2.11. The molecule has 0 spiro atoms. The van der Waals surface area contributed by atoms with Gasteiger partial charge in [-0.3, -0.25) is 4.98 Å². The van der Waals surface area contributed by atoms with Crippen molar-refractivity contribution in [1.29, 1.82) is 0 Å². The lowest BCUT2D eigenvalue weighted by Crippen LogP contribution is -2.02. The highest BCUT2D eigenvalue weighted by Gasteiger charge is 2.14. The number of nitrogens with zero attached hydrogens (tertiary/aromatic N) is 2. The predicted octanol–water partition coefficient (Wildman–Crippen LogP) is 7.36.